The highest BCUT2D eigenvalue weighted by Gasteiger charge is 2.11. The van der Waals surface area contributed by atoms with E-state index < -0.39 is 17.6 Å². The zero-order valence-electron chi connectivity index (χ0n) is 11.3. The van der Waals surface area contributed by atoms with Gasteiger partial charge in [0, 0.05) is 5.56 Å². The molecule has 0 amide bonds. The fourth-order valence-electron chi connectivity index (χ4n) is 1.68. The fourth-order valence-corrected chi connectivity index (χ4v) is 1.68. The van der Waals surface area contributed by atoms with Crippen LogP contribution in [0.5, 0.6) is 0 Å². The number of hydrogen-bond donors (Lipinski definition) is 1. The van der Waals surface area contributed by atoms with Crippen LogP contribution in [0.25, 0.3) is 0 Å². The molecule has 0 aliphatic heterocycles. The Morgan fingerprint density at radius 2 is 1.67 bits per heavy atom. The zero-order valence-corrected chi connectivity index (χ0v) is 11.3. The molecule has 0 atom stereocenters. The third kappa shape index (κ3) is 3.72. The molecule has 0 aromatic heterocycles. The highest BCUT2D eigenvalue weighted by molar-refractivity contribution is 6.01. The molecule has 0 radical (unpaired) electrons. The summed E-state index contributed by atoms with van der Waals surface area (Å²) in [5, 5.41) is 7.72. The molecule has 0 unspecified atom stereocenters. The molecule has 1 N–H and O–H groups in total. The summed E-state index contributed by atoms with van der Waals surface area (Å²) in [6, 6.07) is 9.89. The van der Waals surface area contributed by atoms with E-state index in [9.17, 15) is 13.6 Å². The van der Waals surface area contributed by atoms with Crippen molar-refractivity contribution >= 4 is 11.7 Å². The lowest BCUT2D eigenvalue weighted by Crippen LogP contribution is -2.14. The normalized spacial score (nSPS) is 10.2. The summed E-state index contributed by atoms with van der Waals surface area (Å²) in [5.41, 5.74) is 1.46. The van der Waals surface area contributed by atoms with Crippen LogP contribution in [0.4, 0.5) is 8.78 Å². The summed E-state index contributed by atoms with van der Waals surface area (Å²) >= 11 is 0. The lowest BCUT2D eigenvalue weighted by atomic mass is 10.1. The van der Waals surface area contributed by atoms with E-state index in [0.717, 1.165) is 17.7 Å². The van der Waals surface area contributed by atoms with Crippen molar-refractivity contribution in [3.8, 4) is 0 Å². The van der Waals surface area contributed by atoms with Crippen LogP contribution in [-0.4, -0.2) is 18.3 Å². The standard InChI is InChI=1S/C16H13F2NO2/c1-10-2-4-11(5-3-10)16(20)21-9-15(19)12-6-7-13(17)14(18)8-12/h2-8,19H,9H2,1H3. The highest BCUT2D eigenvalue weighted by Crippen LogP contribution is 2.10. The maximum Gasteiger partial charge on any atom is 0.338 e. The van der Waals surface area contributed by atoms with Crippen molar-refractivity contribution in [2.24, 2.45) is 0 Å². The Hall–Kier alpha value is -2.56. The van der Waals surface area contributed by atoms with E-state index in [2.05, 4.69) is 0 Å². The van der Waals surface area contributed by atoms with E-state index in [0.29, 0.717) is 5.56 Å². The number of carbonyl (C=O) groups is 1. The Balaban J connectivity index is 1.98. The summed E-state index contributed by atoms with van der Waals surface area (Å²) in [6.45, 7) is 1.59. The van der Waals surface area contributed by atoms with E-state index in [4.69, 9.17) is 10.1 Å². The lowest BCUT2D eigenvalue weighted by Gasteiger charge is -2.07. The maximum atomic E-state index is 13.1. The van der Waals surface area contributed by atoms with E-state index >= 15 is 0 Å². The summed E-state index contributed by atoms with van der Waals surface area (Å²) < 4.78 is 30.8. The monoisotopic (exact) mass is 289 g/mol. The number of rotatable bonds is 4. The van der Waals surface area contributed by atoms with Crippen molar-refractivity contribution in [2.45, 2.75) is 6.92 Å². The summed E-state index contributed by atoms with van der Waals surface area (Å²) in [6.07, 6.45) is 0. The van der Waals surface area contributed by atoms with Crippen molar-refractivity contribution in [1.82, 2.24) is 0 Å². The second-order valence-corrected chi connectivity index (χ2v) is 4.55. The van der Waals surface area contributed by atoms with E-state index in [1.165, 1.54) is 6.07 Å². The predicted octanol–water partition coefficient (Wildman–Crippen LogP) is 3.50. The van der Waals surface area contributed by atoms with Crippen LogP contribution in [0.1, 0.15) is 21.5 Å². The lowest BCUT2D eigenvalue weighted by molar-refractivity contribution is 0.0563. The van der Waals surface area contributed by atoms with Crippen LogP contribution < -0.4 is 0 Å². The first-order valence-electron chi connectivity index (χ1n) is 6.24. The van der Waals surface area contributed by atoms with Gasteiger partial charge < -0.3 is 10.1 Å². The number of nitrogens with one attached hydrogen (secondary N) is 1. The molecule has 0 aliphatic rings. The molecular weight excluding hydrogens is 276 g/mol. The van der Waals surface area contributed by atoms with Gasteiger partial charge in [-0.3, -0.25) is 0 Å². The first kappa shape index (κ1) is 14.8. The molecule has 0 saturated carbocycles. The van der Waals surface area contributed by atoms with Crippen molar-refractivity contribution in [2.75, 3.05) is 6.61 Å². The van der Waals surface area contributed by atoms with Gasteiger partial charge in [0.2, 0.25) is 0 Å². The third-order valence-electron chi connectivity index (χ3n) is 2.90. The van der Waals surface area contributed by atoms with Gasteiger partial charge in [-0.2, -0.15) is 0 Å². The zero-order chi connectivity index (χ0) is 15.4. The van der Waals surface area contributed by atoms with Gasteiger partial charge in [-0.1, -0.05) is 17.7 Å². The first-order valence-corrected chi connectivity index (χ1v) is 6.24. The molecule has 0 saturated heterocycles. The molecule has 21 heavy (non-hydrogen) atoms. The minimum absolute atomic E-state index is 0.102. The summed E-state index contributed by atoms with van der Waals surface area (Å²) in [7, 11) is 0. The van der Waals surface area contributed by atoms with E-state index in [1.54, 1.807) is 24.3 Å². The number of benzene rings is 2. The minimum Gasteiger partial charge on any atom is -0.456 e. The average molecular weight is 289 g/mol. The molecule has 0 spiro atoms. The number of aryl methyl sites for hydroxylation is 1. The van der Waals surface area contributed by atoms with Gasteiger partial charge in [-0.15, -0.1) is 0 Å². The Morgan fingerprint density at radius 3 is 2.29 bits per heavy atom. The predicted molar refractivity (Wildman–Crippen MR) is 74.6 cm³/mol. The van der Waals surface area contributed by atoms with Gasteiger partial charge in [0.25, 0.3) is 0 Å². The largest absolute Gasteiger partial charge is 0.456 e. The fraction of sp³-hybridized carbons (Fsp3) is 0.125. The van der Waals surface area contributed by atoms with Gasteiger partial charge in [0.05, 0.1) is 11.3 Å². The molecule has 2 aromatic carbocycles. The Morgan fingerprint density at radius 1 is 1.05 bits per heavy atom. The molecule has 2 rings (SSSR count). The Bertz CT molecular complexity index is 681. The Kier molecular flexibility index (Phi) is 4.42. The second kappa shape index (κ2) is 6.26. The van der Waals surface area contributed by atoms with Crippen LogP contribution in [0.2, 0.25) is 0 Å². The molecule has 0 bridgehead atoms. The van der Waals surface area contributed by atoms with Crippen LogP contribution in [0.3, 0.4) is 0 Å². The highest BCUT2D eigenvalue weighted by atomic mass is 19.2. The first-order chi connectivity index (χ1) is 9.97. The van der Waals surface area contributed by atoms with E-state index in [-0.39, 0.29) is 17.9 Å². The van der Waals surface area contributed by atoms with Crippen LogP contribution >= 0.6 is 0 Å². The van der Waals surface area contributed by atoms with Gasteiger partial charge >= 0.3 is 5.97 Å². The molecule has 3 nitrogen and oxygen atoms in total. The van der Waals surface area contributed by atoms with Crippen molar-refractivity contribution in [3.63, 3.8) is 0 Å². The van der Waals surface area contributed by atoms with Crippen LogP contribution in [-0.2, 0) is 4.74 Å². The minimum atomic E-state index is -1.04. The van der Waals surface area contributed by atoms with Gasteiger partial charge in [0.15, 0.2) is 11.6 Å². The Labute approximate surface area is 120 Å². The molecule has 0 aliphatic carbocycles. The quantitative estimate of drug-likeness (QED) is 0.692. The number of hydrogen-bond acceptors (Lipinski definition) is 3. The molecule has 108 valence electrons. The molecule has 0 heterocycles. The molecule has 5 heteroatoms. The average Bonchev–Trinajstić information content (AvgIpc) is 2.48. The van der Waals surface area contributed by atoms with Gasteiger partial charge in [-0.25, -0.2) is 13.6 Å². The third-order valence-corrected chi connectivity index (χ3v) is 2.90. The van der Waals surface area contributed by atoms with Crippen LogP contribution in [0.15, 0.2) is 42.5 Å². The number of halogens is 2. The van der Waals surface area contributed by atoms with Crippen LogP contribution in [0, 0.1) is 24.0 Å². The maximum absolute atomic E-state index is 13.1. The smallest absolute Gasteiger partial charge is 0.338 e. The SMILES string of the molecule is Cc1ccc(C(=O)OCC(=N)c2ccc(F)c(F)c2)cc1. The molecule has 0 fully saturated rings. The van der Waals surface area contributed by atoms with E-state index in [1.807, 2.05) is 6.92 Å². The number of ether oxygens (including phenoxy) is 1. The van der Waals surface area contributed by atoms with Crippen molar-refractivity contribution < 1.29 is 18.3 Å². The second-order valence-electron chi connectivity index (χ2n) is 4.55. The van der Waals surface area contributed by atoms with Crippen molar-refractivity contribution in [3.05, 3.63) is 70.8 Å². The number of esters is 1. The topological polar surface area (TPSA) is 50.2 Å². The van der Waals surface area contributed by atoms with Gasteiger partial charge in [0.1, 0.15) is 6.61 Å². The number of carbonyl (C=O) groups excluding carboxylic acids is 1. The molecule has 2 aromatic rings. The van der Waals surface area contributed by atoms with Gasteiger partial charge in [-0.05, 0) is 37.3 Å². The molecular formula is C16H13F2NO2. The summed E-state index contributed by atoms with van der Waals surface area (Å²) in [4.78, 5) is 11.8. The van der Waals surface area contributed by atoms with Crippen molar-refractivity contribution in [1.29, 1.82) is 5.41 Å². The summed E-state index contributed by atoms with van der Waals surface area (Å²) in [5.74, 6) is -2.59.